The molecule has 7 heteroatoms. The second kappa shape index (κ2) is 8.60. The van der Waals surface area contributed by atoms with Crippen molar-refractivity contribution < 1.29 is 13.2 Å². The number of guanidine groups is 1. The molecule has 1 atom stereocenters. The van der Waals surface area contributed by atoms with E-state index in [1.807, 2.05) is 37.3 Å². The van der Waals surface area contributed by atoms with Crippen molar-refractivity contribution in [2.75, 3.05) is 0 Å². The van der Waals surface area contributed by atoms with Gasteiger partial charge >= 0.3 is 0 Å². The maximum Gasteiger partial charge on any atom is 0.264 e. The van der Waals surface area contributed by atoms with Crippen LogP contribution in [0.1, 0.15) is 43.2 Å². The van der Waals surface area contributed by atoms with Gasteiger partial charge in [-0.2, -0.15) is 0 Å². The Labute approximate surface area is 178 Å². The lowest BCUT2D eigenvalue weighted by Gasteiger charge is -2.32. The zero-order valence-electron chi connectivity index (χ0n) is 17.1. The van der Waals surface area contributed by atoms with Crippen LogP contribution in [0.25, 0.3) is 0 Å². The largest absolute Gasteiger partial charge is 0.277 e. The zero-order valence-corrected chi connectivity index (χ0v) is 17.9. The van der Waals surface area contributed by atoms with Gasteiger partial charge in [0.1, 0.15) is 6.04 Å². The van der Waals surface area contributed by atoms with E-state index in [0.29, 0.717) is 6.42 Å². The summed E-state index contributed by atoms with van der Waals surface area (Å²) in [5.41, 5.74) is 1.99. The fraction of sp³-hybridized carbons (Fsp3) is 0.391. The number of benzene rings is 2. The predicted octanol–water partition coefficient (Wildman–Crippen LogP) is 3.42. The number of aliphatic imine (C=N–C) groups is 1. The number of nitrogens with one attached hydrogen (secondary N) is 1. The average molecular weight is 426 g/mol. The first kappa shape index (κ1) is 20.6. The van der Waals surface area contributed by atoms with E-state index in [2.05, 4.69) is 9.71 Å². The minimum atomic E-state index is -3.83. The molecule has 1 heterocycles. The number of sulfonamides is 1. The highest BCUT2D eigenvalue weighted by Crippen LogP contribution is 2.27. The van der Waals surface area contributed by atoms with Gasteiger partial charge < -0.3 is 0 Å². The molecule has 1 N–H and O–H groups in total. The number of hydrogen-bond acceptors (Lipinski definition) is 4. The van der Waals surface area contributed by atoms with Crippen LogP contribution in [0.3, 0.4) is 0 Å². The Bertz CT molecular complexity index is 1030. The minimum absolute atomic E-state index is 0.00788. The van der Waals surface area contributed by atoms with Gasteiger partial charge in [0.15, 0.2) is 0 Å². The molecule has 0 spiro atoms. The van der Waals surface area contributed by atoms with E-state index in [1.54, 1.807) is 29.2 Å². The third-order valence-electron chi connectivity index (χ3n) is 5.80. The van der Waals surface area contributed by atoms with Crippen LogP contribution < -0.4 is 4.72 Å². The molecule has 0 bridgehead atoms. The summed E-state index contributed by atoms with van der Waals surface area (Å²) in [5, 5.41) is 0. The molecule has 2 aromatic carbocycles. The summed E-state index contributed by atoms with van der Waals surface area (Å²) >= 11 is 0. The maximum atomic E-state index is 13.3. The van der Waals surface area contributed by atoms with E-state index in [-0.39, 0.29) is 22.8 Å². The molecular formula is C23H27N3O3S. The van der Waals surface area contributed by atoms with Crippen LogP contribution in [-0.4, -0.2) is 37.3 Å². The lowest BCUT2D eigenvalue weighted by atomic mass is 9.94. The van der Waals surface area contributed by atoms with Gasteiger partial charge in [0.05, 0.1) is 4.90 Å². The van der Waals surface area contributed by atoms with Crippen LogP contribution in [0.4, 0.5) is 0 Å². The molecule has 1 aliphatic carbocycles. The van der Waals surface area contributed by atoms with Gasteiger partial charge in [-0.15, -0.1) is 0 Å². The second-order valence-corrected chi connectivity index (χ2v) is 9.76. The first-order valence-electron chi connectivity index (χ1n) is 10.5. The van der Waals surface area contributed by atoms with Gasteiger partial charge in [-0.1, -0.05) is 67.3 Å². The highest BCUT2D eigenvalue weighted by Gasteiger charge is 2.40. The average Bonchev–Trinajstić information content (AvgIpc) is 3.03. The van der Waals surface area contributed by atoms with Crippen molar-refractivity contribution in [3.05, 3.63) is 65.7 Å². The monoisotopic (exact) mass is 425 g/mol. The summed E-state index contributed by atoms with van der Waals surface area (Å²) in [7, 11) is -3.83. The van der Waals surface area contributed by atoms with Crippen LogP contribution in [-0.2, 0) is 21.2 Å². The van der Waals surface area contributed by atoms with Gasteiger partial charge in [-0.3, -0.25) is 9.69 Å². The van der Waals surface area contributed by atoms with E-state index in [1.165, 1.54) is 0 Å². The Balaban J connectivity index is 1.62. The van der Waals surface area contributed by atoms with Crippen LogP contribution >= 0.6 is 0 Å². The minimum Gasteiger partial charge on any atom is -0.277 e. The predicted molar refractivity (Wildman–Crippen MR) is 117 cm³/mol. The molecule has 1 aliphatic heterocycles. The first-order valence-corrected chi connectivity index (χ1v) is 12.0. The Kier molecular flexibility index (Phi) is 5.90. The summed E-state index contributed by atoms with van der Waals surface area (Å²) in [5.74, 6) is 0.0424. The van der Waals surface area contributed by atoms with Gasteiger partial charge in [0, 0.05) is 12.5 Å². The number of nitrogens with zero attached hydrogens (tertiary/aromatic N) is 2. The molecule has 1 amide bonds. The van der Waals surface area contributed by atoms with Gasteiger partial charge in [0.25, 0.3) is 15.9 Å². The van der Waals surface area contributed by atoms with E-state index >= 15 is 0 Å². The molecule has 2 aromatic rings. The maximum absolute atomic E-state index is 13.3. The topological polar surface area (TPSA) is 78.8 Å². The summed E-state index contributed by atoms with van der Waals surface area (Å²) in [6.07, 6.45) is 5.42. The summed E-state index contributed by atoms with van der Waals surface area (Å²) in [6.45, 7) is 1.91. The fourth-order valence-electron chi connectivity index (χ4n) is 4.16. The highest BCUT2D eigenvalue weighted by molar-refractivity contribution is 7.90. The molecule has 0 radical (unpaired) electrons. The van der Waals surface area contributed by atoms with E-state index in [4.69, 9.17) is 0 Å². The number of rotatable bonds is 5. The van der Waals surface area contributed by atoms with Gasteiger partial charge in [0.2, 0.25) is 5.96 Å². The van der Waals surface area contributed by atoms with Crippen molar-refractivity contribution in [3.63, 3.8) is 0 Å². The third-order valence-corrected chi connectivity index (χ3v) is 7.14. The van der Waals surface area contributed by atoms with Crippen molar-refractivity contribution >= 4 is 21.9 Å². The molecule has 30 heavy (non-hydrogen) atoms. The fourth-order valence-corrected chi connectivity index (χ4v) is 5.17. The molecular weight excluding hydrogens is 398 g/mol. The molecule has 1 saturated carbocycles. The first-order chi connectivity index (χ1) is 14.4. The molecule has 158 valence electrons. The number of carbonyl (C=O) groups excluding carboxylic acids is 1. The zero-order chi connectivity index (χ0) is 21.1. The molecule has 2 aliphatic rings. The SMILES string of the molecule is Cc1ccc(S(=O)(=O)NC2=NC(Cc3ccccc3)C(=O)N2C2CCCCC2)cc1. The number of hydrogen-bond donors (Lipinski definition) is 1. The normalized spacial score (nSPS) is 20.3. The number of carbonyl (C=O) groups is 1. The van der Waals surface area contributed by atoms with E-state index < -0.39 is 16.1 Å². The van der Waals surface area contributed by atoms with Crippen molar-refractivity contribution in [3.8, 4) is 0 Å². The second-order valence-electron chi connectivity index (χ2n) is 8.08. The highest BCUT2D eigenvalue weighted by atomic mass is 32.2. The Morgan fingerprint density at radius 2 is 1.67 bits per heavy atom. The van der Waals surface area contributed by atoms with Gasteiger partial charge in [-0.25, -0.2) is 18.1 Å². The smallest absolute Gasteiger partial charge is 0.264 e. The van der Waals surface area contributed by atoms with Crippen molar-refractivity contribution in [2.24, 2.45) is 4.99 Å². The van der Waals surface area contributed by atoms with Gasteiger partial charge in [-0.05, 0) is 37.5 Å². The lowest BCUT2D eigenvalue weighted by Crippen LogP contribution is -2.50. The van der Waals surface area contributed by atoms with E-state index in [0.717, 1.165) is 43.2 Å². The van der Waals surface area contributed by atoms with Crippen molar-refractivity contribution in [1.82, 2.24) is 9.62 Å². The van der Waals surface area contributed by atoms with Crippen LogP contribution in [0.15, 0.2) is 64.5 Å². The van der Waals surface area contributed by atoms with Crippen LogP contribution in [0, 0.1) is 6.92 Å². The summed E-state index contributed by atoms with van der Waals surface area (Å²) in [6, 6.07) is 15.8. The molecule has 1 fully saturated rings. The summed E-state index contributed by atoms with van der Waals surface area (Å²) < 4.78 is 28.6. The molecule has 4 rings (SSSR count). The van der Waals surface area contributed by atoms with Crippen molar-refractivity contribution in [1.29, 1.82) is 0 Å². The quantitative estimate of drug-likeness (QED) is 0.797. The Hall–Kier alpha value is -2.67. The Morgan fingerprint density at radius 1 is 1.00 bits per heavy atom. The number of aryl methyl sites for hydroxylation is 1. The summed E-state index contributed by atoms with van der Waals surface area (Å²) in [4.78, 5) is 19.6. The number of amides is 1. The molecule has 0 saturated heterocycles. The third kappa shape index (κ3) is 4.41. The van der Waals surface area contributed by atoms with Crippen LogP contribution in [0.5, 0.6) is 0 Å². The van der Waals surface area contributed by atoms with Crippen LogP contribution in [0.2, 0.25) is 0 Å². The van der Waals surface area contributed by atoms with E-state index in [9.17, 15) is 13.2 Å². The Morgan fingerprint density at radius 3 is 2.33 bits per heavy atom. The van der Waals surface area contributed by atoms with Crippen molar-refractivity contribution in [2.45, 2.75) is 62.4 Å². The lowest BCUT2D eigenvalue weighted by molar-refractivity contribution is -0.129. The standard InChI is InChI=1S/C23H27N3O3S/c1-17-12-14-20(15-13-17)30(28,29)25-23-24-21(16-18-8-4-2-5-9-18)22(27)26(23)19-10-6-3-7-11-19/h2,4-5,8-9,12-15,19,21H,3,6-7,10-11,16H2,1H3,(H,24,25). The molecule has 1 unspecified atom stereocenters. The molecule has 0 aromatic heterocycles. The molecule has 6 nitrogen and oxygen atoms in total.